The lowest BCUT2D eigenvalue weighted by atomic mass is 9.45. The first-order valence-corrected chi connectivity index (χ1v) is 12.9. The molecule has 4 aliphatic rings. The van der Waals surface area contributed by atoms with E-state index in [1.54, 1.807) is 0 Å². The van der Waals surface area contributed by atoms with Crippen LogP contribution in [-0.2, 0) is 9.47 Å². The largest absolute Gasteiger partial charge is 0.394 e. The molecule has 0 aromatic heterocycles. The van der Waals surface area contributed by atoms with Gasteiger partial charge in [0.15, 0.2) is 6.29 Å². The van der Waals surface area contributed by atoms with Gasteiger partial charge in [-0.15, -0.1) is 0 Å². The fourth-order valence-corrected chi connectivity index (χ4v) is 7.79. The van der Waals surface area contributed by atoms with Crippen molar-refractivity contribution in [1.29, 1.82) is 0 Å². The van der Waals surface area contributed by atoms with Crippen molar-refractivity contribution in [2.75, 3.05) is 13.2 Å². The highest BCUT2D eigenvalue weighted by Crippen LogP contribution is 2.64. The van der Waals surface area contributed by atoms with Crippen molar-refractivity contribution in [1.82, 2.24) is 0 Å². The van der Waals surface area contributed by atoms with Gasteiger partial charge in [0.25, 0.3) is 0 Å². The van der Waals surface area contributed by atoms with E-state index in [1.807, 2.05) is 6.92 Å². The molecule has 1 aliphatic heterocycles. The lowest BCUT2D eigenvalue weighted by Gasteiger charge is -2.62. The first kappa shape index (κ1) is 26.5. The van der Waals surface area contributed by atoms with Crippen molar-refractivity contribution in [3.8, 4) is 0 Å². The zero-order chi connectivity index (χ0) is 25.1. The summed E-state index contributed by atoms with van der Waals surface area (Å²) in [6.45, 7) is 8.14. The molecule has 2 saturated carbocycles. The van der Waals surface area contributed by atoms with Crippen LogP contribution in [0.1, 0.15) is 66.2 Å². The van der Waals surface area contributed by atoms with E-state index in [0.717, 1.165) is 38.5 Å². The number of ether oxygens (including phenoxy) is 2. The summed E-state index contributed by atoms with van der Waals surface area (Å²) in [6, 6.07) is 0. The summed E-state index contributed by atoms with van der Waals surface area (Å²) >= 11 is 0. The van der Waals surface area contributed by atoms with Crippen LogP contribution in [-0.4, -0.2) is 86.8 Å². The second-order valence-corrected chi connectivity index (χ2v) is 12.3. The van der Waals surface area contributed by atoms with Crippen LogP contribution in [0.5, 0.6) is 0 Å². The Labute approximate surface area is 202 Å². The Bertz CT molecular complexity index is 768. The fourth-order valence-electron chi connectivity index (χ4n) is 7.79. The highest BCUT2D eigenvalue weighted by molar-refractivity contribution is 5.25. The van der Waals surface area contributed by atoms with Crippen LogP contribution in [0.25, 0.3) is 0 Å². The highest BCUT2D eigenvalue weighted by atomic mass is 16.7. The molecule has 0 radical (unpaired) electrons. The van der Waals surface area contributed by atoms with Crippen LogP contribution in [0.15, 0.2) is 11.6 Å². The van der Waals surface area contributed by atoms with Gasteiger partial charge in [0.05, 0.1) is 25.4 Å². The quantitative estimate of drug-likeness (QED) is 0.252. The molecule has 1 saturated heterocycles. The van der Waals surface area contributed by atoms with Crippen molar-refractivity contribution < 1.29 is 40.1 Å². The zero-order valence-electron chi connectivity index (χ0n) is 20.9. The fraction of sp³-hybridized carbons (Fsp3) is 0.923. The molecule has 0 aromatic rings. The topological polar surface area (TPSA) is 140 Å². The van der Waals surface area contributed by atoms with Gasteiger partial charge in [-0.05, 0) is 61.2 Å². The molecule has 11 atom stereocenters. The Kier molecular flexibility index (Phi) is 7.30. The molecule has 34 heavy (non-hydrogen) atoms. The Morgan fingerprint density at radius 3 is 2.35 bits per heavy atom. The lowest BCUT2D eigenvalue weighted by molar-refractivity contribution is -0.327. The van der Waals surface area contributed by atoms with Crippen molar-refractivity contribution >= 4 is 0 Å². The number of allylic oxidation sites excluding steroid dienone is 1. The van der Waals surface area contributed by atoms with Crippen LogP contribution in [0.2, 0.25) is 0 Å². The maximum absolute atomic E-state index is 10.5. The van der Waals surface area contributed by atoms with Crippen LogP contribution >= 0.6 is 0 Å². The summed E-state index contributed by atoms with van der Waals surface area (Å²) in [4.78, 5) is 0. The summed E-state index contributed by atoms with van der Waals surface area (Å²) in [5, 5.41) is 60.2. The van der Waals surface area contributed by atoms with E-state index in [1.165, 1.54) is 5.57 Å². The summed E-state index contributed by atoms with van der Waals surface area (Å²) in [7, 11) is 0. The number of aliphatic hydroxyl groups excluding tert-OH is 6. The minimum Gasteiger partial charge on any atom is -0.394 e. The van der Waals surface area contributed by atoms with Crippen LogP contribution < -0.4 is 0 Å². The second-order valence-electron chi connectivity index (χ2n) is 12.3. The third kappa shape index (κ3) is 4.18. The number of fused-ring (bicyclic) bond motifs is 3. The minimum atomic E-state index is -1.44. The van der Waals surface area contributed by atoms with Gasteiger partial charge in [0.1, 0.15) is 24.4 Å². The van der Waals surface area contributed by atoms with E-state index in [9.17, 15) is 30.6 Å². The molecule has 196 valence electrons. The summed E-state index contributed by atoms with van der Waals surface area (Å²) in [5.41, 5.74) is 0.879. The maximum Gasteiger partial charge on any atom is 0.186 e. The Hall–Kier alpha value is -0.580. The molecule has 0 aromatic carbocycles. The van der Waals surface area contributed by atoms with Gasteiger partial charge in [0.2, 0.25) is 0 Å². The van der Waals surface area contributed by atoms with E-state index in [0.29, 0.717) is 11.8 Å². The van der Waals surface area contributed by atoms with Gasteiger partial charge in [-0.2, -0.15) is 0 Å². The van der Waals surface area contributed by atoms with Gasteiger partial charge in [-0.1, -0.05) is 39.3 Å². The number of hydrogen-bond donors (Lipinski definition) is 6. The normalized spacial score (nSPS) is 49.5. The molecule has 1 unspecified atom stereocenters. The van der Waals surface area contributed by atoms with E-state index in [4.69, 9.17) is 9.47 Å². The van der Waals surface area contributed by atoms with Crippen LogP contribution in [0.4, 0.5) is 0 Å². The van der Waals surface area contributed by atoms with Crippen LogP contribution in [0.3, 0.4) is 0 Å². The second kappa shape index (κ2) is 9.38. The number of rotatable bonds is 5. The predicted molar refractivity (Wildman–Crippen MR) is 124 cm³/mol. The maximum atomic E-state index is 10.5. The molecule has 3 fully saturated rings. The molecular weight excluding hydrogens is 440 g/mol. The molecule has 1 heterocycles. The Morgan fingerprint density at radius 1 is 1.00 bits per heavy atom. The first-order valence-electron chi connectivity index (χ1n) is 12.9. The number of hydrogen-bond acceptors (Lipinski definition) is 8. The van der Waals surface area contributed by atoms with Crippen molar-refractivity contribution in [3.63, 3.8) is 0 Å². The zero-order valence-corrected chi connectivity index (χ0v) is 20.9. The number of aliphatic hydroxyl groups is 6. The van der Waals surface area contributed by atoms with Gasteiger partial charge in [0, 0.05) is 5.41 Å². The van der Waals surface area contributed by atoms with Crippen molar-refractivity contribution in [3.05, 3.63) is 11.6 Å². The first-order chi connectivity index (χ1) is 15.9. The smallest absolute Gasteiger partial charge is 0.186 e. The molecule has 0 amide bonds. The predicted octanol–water partition coefficient (Wildman–Crippen LogP) is 1.10. The molecule has 6 N–H and O–H groups in total. The average molecular weight is 485 g/mol. The average Bonchev–Trinajstić information content (AvgIpc) is 2.80. The van der Waals surface area contributed by atoms with Crippen molar-refractivity contribution in [2.45, 2.75) is 109 Å². The van der Waals surface area contributed by atoms with E-state index in [2.05, 4.69) is 26.8 Å². The van der Waals surface area contributed by atoms with E-state index < -0.39 is 43.4 Å². The van der Waals surface area contributed by atoms with Crippen LogP contribution in [0, 0.1) is 28.1 Å². The van der Waals surface area contributed by atoms with Gasteiger partial charge in [-0.25, -0.2) is 0 Å². The third-order valence-electron chi connectivity index (χ3n) is 10.0. The summed E-state index contributed by atoms with van der Waals surface area (Å²) in [5.74, 6) is 0.801. The Morgan fingerprint density at radius 2 is 1.71 bits per heavy atom. The SMILES string of the molecule is CC1(C)[C@H]2CCC3=C[C@@](C)([C@@H](O)CO)CC[C@H]3[C@]2(C)CC[C@H]1OC1O[C@@H](CO)[C@H](O)[C@@H](O)[C@@H]1O. The molecule has 0 spiro atoms. The van der Waals surface area contributed by atoms with Gasteiger partial charge < -0.3 is 40.1 Å². The van der Waals surface area contributed by atoms with E-state index in [-0.39, 0.29) is 29.0 Å². The van der Waals surface area contributed by atoms with Gasteiger partial charge >= 0.3 is 0 Å². The van der Waals surface area contributed by atoms with Crippen molar-refractivity contribution in [2.24, 2.45) is 28.1 Å². The summed E-state index contributed by atoms with van der Waals surface area (Å²) in [6.07, 6.45) is 0.468. The highest BCUT2D eigenvalue weighted by Gasteiger charge is 2.59. The Balaban J connectivity index is 1.53. The standard InChI is InChI=1S/C26H44O8/c1-24(2)17-6-5-14-11-25(3,18(29)13-28)9-7-15(14)26(17,4)10-8-19(24)34-23-22(32)21(31)20(30)16(12-27)33-23/h11,15-23,27-32H,5-10,12-13H2,1-4H3/t15-,16+,17-,18+,19-,20+,21-,22+,23?,25+,26+/m1/s1. The monoisotopic (exact) mass is 484 g/mol. The molecule has 8 nitrogen and oxygen atoms in total. The molecule has 4 rings (SSSR count). The van der Waals surface area contributed by atoms with Gasteiger partial charge in [-0.3, -0.25) is 0 Å². The lowest BCUT2D eigenvalue weighted by Crippen LogP contribution is -2.62. The molecule has 8 heteroatoms. The molecule has 3 aliphatic carbocycles. The summed E-state index contributed by atoms with van der Waals surface area (Å²) < 4.78 is 11.9. The molecular formula is C26H44O8. The third-order valence-corrected chi connectivity index (χ3v) is 10.0. The van der Waals surface area contributed by atoms with E-state index >= 15 is 0 Å². The molecule has 0 bridgehead atoms. The minimum absolute atomic E-state index is 0.0777.